The van der Waals surface area contributed by atoms with Gasteiger partial charge in [-0.25, -0.2) is 44.2 Å². The fourth-order valence-corrected chi connectivity index (χ4v) is 21.4. The Kier molecular flexibility index (Phi) is 22.1. The van der Waals surface area contributed by atoms with Crippen LogP contribution in [0.2, 0.25) is 0 Å². The van der Waals surface area contributed by atoms with Crippen LogP contribution < -0.4 is 0 Å². The van der Waals surface area contributed by atoms with Crippen LogP contribution in [-0.2, 0) is 52.8 Å². The van der Waals surface area contributed by atoms with Crippen LogP contribution in [0.1, 0.15) is 165 Å². The number of hydrogen-bond acceptors (Lipinski definition) is 15. The van der Waals surface area contributed by atoms with Crippen molar-refractivity contribution in [1.29, 1.82) is 0 Å². The molecule has 0 bridgehead atoms. The van der Waals surface area contributed by atoms with Crippen LogP contribution in [-0.4, -0.2) is 164 Å². The van der Waals surface area contributed by atoms with Crippen molar-refractivity contribution in [2.24, 2.45) is 30.3 Å². The summed E-state index contributed by atoms with van der Waals surface area (Å²) < 4.78 is 83.2. The van der Waals surface area contributed by atoms with Crippen molar-refractivity contribution in [3.05, 3.63) is 297 Å². The van der Waals surface area contributed by atoms with Crippen molar-refractivity contribution < 1.29 is 36.0 Å². The number of hydrogen-bond donors (Lipinski definition) is 0. The molecule has 18 rings (SSSR count). The number of fused-ring (bicyclic) bond motifs is 6. The molecule has 8 atom stereocenters. The Labute approximate surface area is 703 Å². The molecule has 0 saturated heterocycles. The standard InChI is InChI=1S/C32H35FN6O2S.C31H31FN6O.C30H31FN6O2S/c1-21(2)38-20-28(19-35-38)42(5,41)37(4)27-9-6-24-15-30-23(18-36-39(30)26-10-7-25(33)8-11-26)16-32(24,17-27)31(40)29-14-22(3)12-13-34-29;1-20-11-12-33-28(13-20)30(39)31-15-22-17-35-38(26-9-6-25(32)7-10-26)29(22)14-24(31)5-8-27(16-31)37(4)21(2)23-18-34-36(3)19-23;1-20-11-12-32-27(13-20)29(38)30-15-21-17-34-37(24-9-6-23(31)7-10-24)28(21)14-22(30)5-8-25(16-30)36(3)40(4,39)26-18-33-35(2)19-26/h7-8,10-15,18-21,27H,5-6,9,16-17H2,1-4H3;6-7,9-14,17-19,27H,2,5,8,15-16H2,1,3-4H3;6-7,9-14,17-19,25H,4-5,8,15-16H2,1-3H3/t27-,32-,42?;27-,31-;25-,30+,40?/m001/s1. The predicted octanol–water partition coefficient (Wildman–Crippen LogP) is 15.3. The lowest BCUT2D eigenvalue weighted by Crippen LogP contribution is -2.49. The van der Waals surface area contributed by atoms with Gasteiger partial charge in [0.2, 0.25) is 0 Å². The van der Waals surface area contributed by atoms with Gasteiger partial charge in [0.05, 0.1) is 117 Å². The Bertz CT molecular complexity index is 6390. The molecule has 0 radical (unpaired) electrons. The number of nitrogens with zero attached hydrogens (tertiary/aromatic N) is 18. The van der Waals surface area contributed by atoms with Crippen molar-refractivity contribution in [3.8, 4) is 17.1 Å². The van der Waals surface area contributed by atoms with Crippen LogP contribution in [0.5, 0.6) is 0 Å². The lowest BCUT2D eigenvalue weighted by atomic mass is 9.60. The molecule has 2 unspecified atom stereocenters. The second-order valence-corrected chi connectivity index (χ2v) is 38.0. The van der Waals surface area contributed by atoms with Gasteiger partial charge in [0.1, 0.15) is 34.5 Å². The molecule has 9 heterocycles. The molecule has 3 saturated carbocycles. The molecule has 6 aliphatic carbocycles. The lowest BCUT2D eigenvalue weighted by molar-refractivity contribution is 0.0735. The molecule has 23 nitrogen and oxygen atoms in total. The number of ketones is 3. The molecular weight excluding hydrogens is 1570 g/mol. The maximum atomic E-state index is 14.5. The predicted molar refractivity (Wildman–Crippen MR) is 464 cm³/mol. The average molecular weight is 1670 g/mol. The number of aryl methyl sites for hydroxylation is 5. The van der Waals surface area contributed by atoms with Crippen molar-refractivity contribution in [3.63, 3.8) is 0 Å². The van der Waals surface area contributed by atoms with E-state index in [2.05, 4.69) is 94.0 Å². The first-order chi connectivity index (χ1) is 57.8. The third-order valence-electron chi connectivity index (χ3n) is 25.4. The monoisotopic (exact) mass is 1670 g/mol. The molecule has 3 aromatic carbocycles. The number of carbonyl (C=O) groups excluding carboxylic acids is 3. The van der Waals surface area contributed by atoms with E-state index in [-0.39, 0.29) is 59.0 Å². The number of allylic oxidation sites excluding steroid dienone is 3. The number of pyridine rings is 3. The maximum Gasteiger partial charge on any atom is 0.191 e. The van der Waals surface area contributed by atoms with E-state index in [1.165, 1.54) is 36.4 Å². The number of rotatable bonds is 19. The van der Waals surface area contributed by atoms with Gasteiger partial charge in [-0.3, -0.25) is 43.4 Å². The van der Waals surface area contributed by atoms with Crippen molar-refractivity contribution in [2.45, 2.75) is 146 Å². The molecular formula is C93H97F3N18O5S2. The van der Waals surface area contributed by atoms with Crippen molar-refractivity contribution in [2.75, 3.05) is 21.1 Å². The Balaban J connectivity index is 0.000000135. The van der Waals surface area contributed by atoms with E-state index in [4.69, 9.17) is 0 Å². The van der Waals surface area contributed by atoms with Crippen LogP contribution in [0.4, 0.5) is 13.2 Å². The van der Waals surface area contributed by atoms with E-state index in [1.807, 2.05) is 124 Å². The Morgan fingerprint density at radius 3 is 1.13 bits per heavy atom. The minimum absolute atomic E-state index is 0.0427. The first kappa shape index (κ1) is 82.6. The van der Waals surface area contributed by atoms with Gasteiger partial charge in [0.15, 0.2) is 17.3 Å². The summed E-state index contributed by atoms with van der Waals surface area (Å²) in [5, 5.41) is 26.8. The van der Waals surface area contributed by atoms with E-state index < -0.39 is 35.7 Å². The normalized spacial score (nSPS) is 21.2. The summed E-state index contributed by atoms with van der Waals surface area (Å²) in [5.41, 5.74) is 14.6. The highest BCUT2D eigenvalue weighted by Gasteiger charge is 2.54. The Hall–Kier alpha value is -12.1. The second-order valence-electron chi connectivity index (χ2n) is 33.4. The zero-order valence-corrected chi connectivity index (χ0v) is 71.1. The molecule has 0 spiro atoms. The number of benzene rings is 3. The molecule has 6 aliphatic rings. The minimum atomic E-state index is -2.85. The van der Waals surface area contributed by atoms with Gasteiger partial charge >= 0.3 is 0 Å². The molecule has 12 aromatic rings. The highest BCUT2D eigenvalue weighted by Crippen LogP contribution is 2.55. The molecule has 0 amide bonds. The van der Waals surface area contributed by atoms with Crippen LogP contribution in [0.15, 0.2) is 217 Å². The number of halogens is 3. The topological polar surface area (TPSA) is 241 Å². The summed E-state index contributed by atoms with van der Waals surface area (Å²) >= 11 is 0. The summed E-state index contributed by atoms with van der Waals surface area (Å²) in [6.45, 7) is 14.3. The highest BCUT2D eigenvalue weighted by molar-refractivity contribution is 7.98. The molecule has 3 fully saturated rings. The van der Waals surface area contributed by atoms with Gasteiger partial charge in [-0.15, -0.1) is 0 Å². The summed E-state index contributed by atoms with van der Waals surface area (Å²) in [4.78, 5) is 60.1. The summed E-state index contributed by atoms with van der Waals surface area (Å²) in [6.07, 6.45) is 34.7. The Morgan fingerprint density at radius 2 is 0.802 bits per heavy atom. The van der Waals surface area contributed by atoms with Gasteiger partial charge in [0, 0.05) is 93.8 Å². The summed E-state index contributed by atoms with van der Waals surface area (Å²) in [7, 11) is 3.72. The smallest absolute Gasteiger partial charge is 0.191 e. The average Bonchev–Trinajstić information content (AvgIpc) is 1.72. The molecule has 9 aromatic heterocycles. The van der Waals surface area contributed by atoms with Gasteiger partial charge in [-0.2, -0.15) is 30.6 Å². The minimum Gasteiger partial charge on any atom is -0.371 e. The zero-order valence-electron chi connectivity index (χ0n) is 69.5. The van der Waals surface area contributed by atoms with E-state index >= 15 is 0 Å². The number of carbonyl (C=O) groups is 3. The number of aromatic nitrogens is 15. The van der Waals surface area contributed by atoms with E-state index in [0.717, 1.165) is 108 Å². The van der Waals surface area contributed by atoms with Crippen LogP contribution >= 0.6 is 0 Å². The quantitative estimate of drug-likeness (QED) is 0.0540. The molecule has 0 N–H and O–H groups in total. The highest BCUT2D eigenvalue weighted by atomic mass is 32.2. The molecule has 121 heavy (non-hydrogen) atoms. The van der Waals surface area contributed by atoms with Crippen molar-refractivity contribution in [1.82, 2.24) is 87.1 Å². The SMILES string of the molecule is C=C(c1cnn(C)c1)N(C)[C@H]1CCC2=Cc3c(cnn3-c3ccc(F)cc3)C[C@]2(C(=O)c2cc(C)ccn2)C1.C=S(=O)(c1cnn(C(C)C)c1)N(C)[C@H]1CCC2=Cc3c(cnn3-c3ccc(F)cc3)C[C@]2(C(=O)c2cc(C)ccn2)C1.C=S(=O)(c1cnn(C)c1)N(C)[C@@H]1CCC2=Cc3c(cnn3-c3ccc(F)cc3)C[C@]2(C(=O)c2cc(C)ccn2)C1. The summed E-state index contributed by atoms with van der Waals surface area (Å²) in [5.74, 6) is 7.30. The fraction of sp³-hybridized carbons (Fsp3) is 0.312. The zero-order chi connectivity index (χ0) is 85.4. The summed E-state index contributed by atoms with van der Waals surface area (Å²) in [6, 6.07) is 29.9. The van der Waals surface area contributed by atoms with E-state index in [0.29, 0.717) is 91.1 Å². The fourth-order valence-electron chi connectivity index (χ4n) is 18.4. The Morgan fingerprint density at radius 1 is 0.463 bits per heavy atom. The van der Waals surface area contributed by atoms with Crippen LogP contribution in [0.3, 0.4) is 0 Å². The van der Waals surface area contributed by atoms with Crippen molar-refractivity contribution >= 4 is 72.4 Å². The third kappa shape index (κ3) is 15.6. The first-order valence-electron chi connectivity index (χ1n) is 40.5. The van der Waals surface area contributed by atoms with Gasteiger partial charge in [-0.1, -0.05) is 23.3 Å². The van der Waals surface area contributed by atoms with Gasteiger partial charge in [0.25, 0.3) is 0 Å². The number of Topliss-reactive ketones (excluding diaryl/α,β-unsaturated/α-hetero) is 3. The first-order valence-corrected chi connectivity index (χ1v) is 43.9. The van der Waals surface area contributed by atoms with Crippen LogP contribution in [0.25, 0.3) is 41.0 Å². The van der Waals surface area contributed by atoms with Crippen LogP contribution in [0, 0.1) is 54.5 Å². The largest absolute Gasteiger partial charge is 0.371 e. The lowest BCUT2D eigenvalue weighted by Gasteiger charge is -2.47. The molecule has 0 aliphatic heterocycles. The third-order valence-corrected chi connectivity index (χ3v) is 29.7. The van der Waals surface area contributed by atoms with E-state index in [9.17, 15) is 36.0 Å². The van der Waals surface area contributed by atoms with Gasteiger partial charge < -0.3 is 4.90 Å². The van der Waals surface area contributed by atoms with E-state index in [1.54, 1.807) is 123 Å². The molecule has 622 valence electrons. The second kappa shape index (κ2) is 32.5. The molecule has 28 heteroatoms. The maximum absolute atomic E-state index is 14.5. The van der Waals surface area contributed by atoms with Gasteiger partial charge in [-0.05, 0) is 298 Å².